The summed E-state index contributed by atoms with van der Waals surface area (Å²) in [5, 5.41) is 0. The van der Waals surface area contributed by atoms with Gasteiger partial charge in [-0.1, -0.05) is 0 Å². The number of hydrogen-bond acceptors (Lipinski definition) is 5. The van der Waals surface area contributed by atoms with Crippen molar-refractivity contribution in [1.29, 1.82) is 0 Å². The van der Waals surface area contributed by atoms with Crippen LogP contribution in [0.25, 0.3) is 0 Å². The van der Waals surface area contributed by atoms with Crippen molar-refractivity contribution in [3.63, 3.8) is 0 Å². The fraction of sp³-hybridized carbons (Fsp3) is 1.00. The van der Waals surface area contributed by atoms with Gasteiger partial charge in [0, 0.05) is 0 Å². The van der Waals surface area contributed by atoms with Crippen molar-refractivity contribution in [1.82, 2.24) is 0 Å². The molecule has 1 fully saturated rings. The second-order valence-corrected chi connectivity index (χ2v) is 3.68. The van der Waals surface area contributed by atoms with E-state index < -0.39 is 10.2 Å². The summed E-state index contributed by atoms with van der Waals surface area (Å²) in [6.07, 6.45) is 2.93. The summed E-state index contributed by atoms with van der Waals surface area (Å²) in [5.41, 5.74) is 0. The van der Waals surface area contributed by atoms with Gasteiger partial charge in [-0.05, 0) is 24.3 Å². The molecular formula is C4H8ClLiO4S. The molecule has 7 heteroatoms. The smallest absolute Gasteiger partial charge is 0.222 e. The molecule has 1 saturated heterocycles. The van der Waals surface area contributed by atoms with Gasteiger partial charge in [-0.2, -0.15) is 11.8 Å². The molecular weight excluding hydrogens is 187 g/mol. The fourth-order valence-corrected chi connectivity index (χ4v) is 1.53. The van der Waals surface area contributed by atoms with Crippen molar-refractivity contribution in [3.05, 3.63) is 0 Å². The summed E-state index contributed by atoms with van der Waals surface area (Å²) in [6.45, 7) is 0. The SMILES string of the molecule is C1CCSC1.[Li+].[O-][Cl+3]([O-])([O-])[O-]. The maximum absolute atomic E-state index is 8.49. The van der Waals surface area contributed by atoms with Crippen LogP contribution >= 0.6 is 11.8 Å². The van der Waals surface area contributed by atoms with E-state index in [4.69, 9.17) is 18.6 Å². The van der Waals surface area contributed by atoms with Gasteiger partial charge in [0.15, 0.2) is 0 Å². The summed E-state index contributed by atoms with van der Waals surface area (Å²) in [5.74, 6) is 2.83. The van der Waals surface area contributed by atoms with Crippen LogP contribution < -0.4 is 37.5 Å². The van der Waals surface area contributed by atoms with Crippen LogP contribution in [0.2, 0.25) is 0 Å². The molecule has 62 valence electrons. The Morgan fingerprint density at radius 1 is 0.909 bits per heavy atom. The molecule has 0 spiro atoms. The third kappa shape index (κ3) is 24.7. The molecule has 11 heavy (non-hydrogen) atoms. The third-order valence-corrected chi connectivity index (χ3v) is 1.98. The molecule has 0 radical (unpaired) electrons. The van der Waals surface area contributed by atoms with E-state index >= 15 is 0 Å². The number of thioether (sulfide) groups is 1. The van der Waals surface area contributed by atoms with Crippen LogP contribution in [0, 0.1) is 10.2 Å². The topological polar surface area (TPSA) is 92.2 Å². The van der Waals surface area contributed by atoms with Crippen LogP contribution in [0.15, 0.2) is 0 Å². The molecule has 1 rings (SSSR count). The zero-order valence-corrected chi connectivity index (χ0v) is 7.82. The summed E-state index contributed by atoms with van der Waals surface area (Å²) >= 11 is 2.07. The quantitative estimate of drug-likeness (QED) is 0.358. The first kappa shape index (κ1) is 14.6. The Labute approximate surface area is 83.9 Å². The van der Waals surface area contributed by atoms with Crippen LogP contribution in [0.4, 0.5) is 0 Å². The van der Waals surface area contributed by atoms with Gasteiger partial charge in [0.05, 0.1) is 0 Å². The Balaban J connectivity index is 0. The van der Waals surface area contributed by atoms with Crippen molar-refractivity contribution >= 4 is 11.8 Å². The monoisotopic (exact) mass is 194 g/mol. The number of halogens is 1. The molecule has 0 aromatic rings. The zero-order valence-electron chi connectivity index (χ0n) is 6.25. The normalized spacial score (nSPS) is 16.4. The fourth-order valence-electron chi connectivity index (χ4n) is 0.510. The van der Waals surface area contributed by atoms with Crippen LogP contribution in [0.3, 0.4) is 0 Å². The molecule has 0 amide bonds. The molecule has 1 aliphatic rings. The molecule has 0 unspecified atom stereocenters. The van der Waals surface area contributed by atoms with Gasteiger partial charge in [-0.25, -0.2) is 18.6 Å². The van der Waals surface area contributed by atoms with Gasteiger partial charge in [-0.3, -0.25) is 0 Å². The van der Waals surface area contributed by atoms with Gasteiger partial charge in [-0.15, -0.1) is 10.2 Å². The Hall–Kier alpha value is 1.08. The molecule has 0 aromatic carbocycles. The van der Waals surface area contributed by atoms with E-state index in [0.29, 0.717) is 0 Å². The van der Waals surface area contributed by atoms with Gasteiger partial charge in [0.1, 0.15) is 0 Å². The molecule has 0 saturated carbocycles. The first-order valence-corrected chi connectivity index (χ1v) is 5.08. The van der Waals surface area contributed by atoms with Crippen LogP contribution in [0.1, 0.15) is 12.8 Å². The van der Waals surface area contributed by atoms with Crippen molar-refractivity contribution in [2.24, 2.45) is 0 Å². The molecule has 0 aromatic heterocycles. The molecule has 1 aliphatic heterocycles. The largest absolute Gasteiger partial charge is 1.00 e. The molecule has 0 N–H and O–H groups in total. The second-order valence-electron chi connectivity index (χ2n) is 1.70. The molecule has 4 nitrogen and oxygen atoms in total. The predicted molar refractivity (Wildman–Crippen MR) is 26.6 cm³/mol. The molecule has 0 bridgehead atoms. The van der Waals surface area contributed by atoms with Crippen molar-refractivity contribution in [2.45, 2.75) is 12.8 Å². The zero-order chi connectivity index (χ0) is 8.04. The second kappa shape index (κ2) is 7.71. The minimum Gasteiger partial charge on any atom is -0.222 e. The first-order valence-electron chi connectivity index (χ1n) is 2.69. The van der Waals surface area contributed by atoms with Crippen LogP contribution in [0.5, 0.6) is 0 Å². The van der Waals surface area contributed by atoms with Crippen molar-refractivity contribution < 1.29 is 47.7 Å². The van der Waals surface area contributed by atoms with Crippen LogP contribution in [-0.2, 0) is 0 Å². The van der Waals surface area contributed by atoms with Crippen molar-refractivity contribution in [3.8, 4) is 0 Å². The molecule has 0 atom stereocenters. The van der Waals surface area contributed by atoms with Gasteiger partial charge >= 0.3 is 18.9 Å². The maximum atomic E-state index is 8.49. The van der Waals surface area contributed by atoms with Gasteiger partial charge < -0.3 is 0 Å². The first-order chi connectivity index (χ1) is 4.50. The average Bonchev–Trinajstić information content (AvgIpc) is 2.07. The van der Waals surface area contributed by atoms with E-state index in [0.717, 1.165) is 0 Å². The van der Waals surface area contributed by atoms with E-state index in [1.54, 1.807) is 0 Å². The Morgan fingerprint density at radius 2 is 1.18 bits per heavy atom. The van der Waals surface area contributed by atoms with E-state index in [9.17, 15) is 0 Å². The molecule has 0 aliphatic carbocycles. The van der Waals surface area contributed by atoms with E-state index in [-0.39, 0.29) is 18.9 Å². The minimum absolute atomic E-state index is 0. The summed E-state index contributed by atoms with van der Waals surface area (Å²) in [7, 11) is -4.94. The summed E-state index contributed by atoms with van der Waals surface area (Å²) < 4.78 is 34.0. The van der Waals surface area contributed by atoms with E-state index in [1.165, 1.54) is 24.3 Å². The average molecular weight is 195 g/mol. The summed E-state index contributed by atoms with van der Waals surface area (Å²) in [6, 6.07) is 0. The van der Waals surface area contributed by atoms with Crippen molar-refractivity contribution in [2.75, 3.05) is 11.5 Å². The minimum atomic E-state index is -4.94. The standard InChI is InChI=1S/C4H8S.ClHO4.Li/c1-2-4-5-3-1;2-1(3,4)5;/h1-4H2;(H,2,3,4,5);/q;;+1/p-1. The van der Waals surface area contributed by atoms with E-state index in [2.05, 4.69) is 11.8 Å². The van der Waals surface area contributed by atoms with Crippen LogP contribution in [-0.4, -0.2) is 11.5 Å². The summed E-state index contributed by atoms with van der Waals surface area (Å²) in [4.78, 5) is 0. The van der Waals surface area contributed by atoms with E-state index in [1.807, 2.05) is 0 Å². The van der Waals surface area contributed by atoms with Gasteiger partial charge in [0.25, 0.3) is 0 Å². The van der Waals surface area contributed by atoms with Gasteiger partial charge in [0.2, 0.25) is 0 Å². The maximum Gasteiger partial charge on any atom is 1.00 e. The Morgan fingerprint density at radius 3 is 1.27 bits per heavy atom. The predicted octanol–water partition coefficient (Wildman–Crippen LogP) is -6.24. The Kier molecular flexibility index (Phi) is 10.2. The number of rotatable bonds is 0. The molecule has 1 heterocycles. The number of hydrogen-bond donors (Lipinski definition) is 0. The third-order valence-electron chi connectivity index (χ3n) is 0.827. The Bertz CT molecular complexity index is 71.0.